The minimum Gasteiger partial charge on any atom is -0.368 e. The molecular weight excluding hydrogens is 216 g/mol. The number of aliphatic hydroxyl groups excluding tert-OH is 1. The Labute approximate surface area is 104 Å². The topological polar surface area (TPSA) is 46.5 Å². The van der Waals surface area contributed by atoms with Crippen molar-refractivity contribution in [1.82, 2.24) is 0 Å². The molecule has 2 rings (SSSR count). The molecule has 3 heteroatoms. The standard InChI is InChI=1S/C8H16O2.C6H8O/c1-7(9)10-8-5-3-2-4-6-8;7-5-6-3-1-2-4-6/h7-9H,2-6H2,1H3;3,5H,1-2,4H2. The molecule has 1 atom stereocenters. The Bertz CT molecular complexity index is 240. The van der Waals surface area contributed by atoms with Gasteiger partial charge in [-0.1, -0.05) is 25.3 Å². The highest BCUT2D eigenvalue weighted by Gasteiger charge is 2.14. The summed E-state index contributed by atoms with van der Waals surface area (Å²) in [6, 6.07) is 0. The summed E-state index contributed by atoms with van der Waals surface area (Å²) in [5.74, 6) is 0. The first-order valence-electron chi connectivity index (χ1n) is 6.70. The monoisotopic (exact) mass is 240 g/mol. The fraction of sp³-hybridized carbons (Fsp3) is 0.786. The van der Waals surface area contributed by atoms with Gasteiger partial charge in [-0.3, -0.25) is 4.79 Å². The van der Waals surface area contributed by atoms with Crippen LogP contribution in [0.3, 0.4) is 0 Å². The molecule has 3 nitrogen and oxygen atoms in total. The van der Waals surface area contributed by atoms with Crippen molar-refractivity contribution in [3.05, 3.63) is 11.6 Å². The summed E-state index contributed by atoms with van der Waals surface area (Å²) in [6.07, 6.45) is 12.1. The maximum atomic E-state index is 9.94. The number of aldehydes is 1. The van der Waals surface area contributed by atoms with Gasteiger partial charge in [0.1, 0.15) is 6.29 Å². The van der Waals surface area contributed by atoms with Crippen molar-refractivity contribution in [2.45, 2.75) is 70.7 Å². The van der Waals surface area contributed by atoms with E-state index in [0.717, 1.165) is 37.5 Å². The SMILES string of the molecule is CC(O)OC1CCCCC1.O=CC1=CCCC1. The first kappa shape index (κ1) is 14.4. The van der Waals surface area contributed by atoms with Gasteiger partial charge in [-0.25, -0.2) is 0 Å². The number of carbonyl (C=O) groups is 1. The van der Waals surface area contributed by atoms with Crippen LogP contribution in [-0.4, -0.2) is 23.8 Å². The van der Waals surface area contributed by atoms with Crippen molar-refractivity contribution >= 4 is 6.29 Å². The highest BCUT2D eigenvalue weighted by atomic mass is 16.6. The molecule has 0 heterocycles. The molecular formula is C14H24O3. The Morgan fingerprint density at radius 3 is 2.47 bits per heavy atom. The van der Waals surface area contributed by atoms with E-state index in [1.165, 1.54) is 25.7 Å². The molecule has 1 fully saturated rings. The second-order valence-corrected chi connectivity index (χ2v) is 4.78. The number of allylic oxidation sites excluding steroid dienone is 2. The van der Waals surface area contributed by atoms with Crippen LogP contribution in [0.2, 0.25) is 0 Å². The molecule has 0 aromatic heterocycles. The third-order valence-corrected chi connectivity index (χ3v) is 3.17. The molecule has 0 radical (unpaired) electrons. The van der Waals surface area contributed by atoms with Crippen LogP contribution < -0.4 is 0 Å². The van der Waals surface area contributed by atoms with Gasteiger partial charge in [0.15, 0.2) is 6.29 Å². The maximum absolute atomic E-state index is 9.94. The van der Waals surface area contributed by atoms with Crippen LogP contribution in [-0.2, 0) is 9.53 Å². The van der Waals surface area contributed by atoms with Gasteiger partial charge in [0.25, 0.3) is 0 Å². The lowest BCUT2D eigenvalue weighted by Crippen LogP contribution is -2.21. The van der Waals surface area contributed by atoms with Crippen molar-refractivity contribution in [1.29, 1.82) is 0 Å². The second kappa shape index (κ2) is 8.43. The number of hydrogen-bond donors (Lipinski definition) is 1. The van der Waals surface area contributed by atoms with Crippen LogP contribution in [0.5, 0.6) is 0 Å². The zero-order valence-corrected chi connectivity index (χ0v) is 10.7. The van der Waals surface area contributed by atoms with Crippen LogP contribution in [0.1, 0.15) is 58.3 Å². The van der Waals surface area contributed by atoms with E-state index in [2.05, 4.69) is 0 Å². The molecule has 0 amide bonds. The van der Waals surface area contributed by atoms with Crippen LogP contribution in [0.4, 0.5) is 0 Å². The quantitative estimate of drug-likeness (QED) is 0.609. The number of aliphatic hydroxyl groups is 1. The Hall–Kier alpha value is -0.670. The lowest BCUT2D eigenvalue weighted by atomic mass is 9.98. The number of hydrogen-bond acceptors (Lipinski definition) is 3. The van der Waals surface area contributed by atoms with Crippen LogP contribution in [0.15, 0.2) is 11.6 Å². The Balaban J connectivity index is 0.000000181. The van der Waals surface area contributed by atoms with E-state index >= 15 is 0 Å². The summed E-state index contributed by atoms with van der Waals surface area (Å²) in [5, 5.41) is 8.88. The molecule has 0 aromatic carbocycles. The lowest BCUT2D eigenvalue weighted by Gasteiger charge is -2.23. The molecule has 1 unspecified atom stereocenters. The summed E-state index contributed by atoms with van der Waals surface area (Å²) in [6.45, 7) is 1.68. The van der Waals surface area contributed by atoms with Gasteiger partial charge in [-0.15, -0.1) is 0 Å². The molecule has 2 aliphatic rings. The van der Waals surface area contributed by atoms with E-state index < -0.39 is 6.29 Å². The molecule has 1 N–H and O–H groups in total. The third kappa shape index (κ3) is 6.59. The van der Waals surface area contributed by atoms with Gasteiger partial charge in [0.2, 0.25) is 0 Å². The van der Waals surface area contributed by atoms with E-state index in [1.54, 1.807) is 6.92 Å². The maximum Gasteiger partial charge on any atom is 0.152 e. The average molecular weight is 240 g/mol. The summed E-state index contributed by atoms with van der Waals surface area (Å²) < 4.78 is 5.25. The molecule has 2 aliphatic carbocycles. The summed E-state index contributed by atoms with van der Waals surface area (Å²) >= 11 is 0. The second-order valence-electron chi connectivity index (χ2n) is 4.78. The minimum absolute atomic E-state index is 0.328. The van der Waals surface area contributed by atoms with E-state index in [1.807, 2.05) is 6.08 Å². The first-order chi connectivity index (χ1) is 8.22. The molecule has 0 bridgehead atoms. The van der Waals surface area contributed by atoms with E-state index in [-0.39, 0.29) is 0 Å². The summed E-state index contributed by atoms with van der Waals surface area (Å²) in [7, 11) is 0. The van der Waals surface area contributed by atoms with Crippen LogP contribution >= 0.6 is 0 Å². The molecule has 0 aliphatic heterocycles. The molecule has 0 spiro atoms. The van der Waals surface area contributed by atoms with Gasteiger partial charge >= 0.3 is 0 Å². The van der Waals surface area contributed by atoms with Gasteiger partial charge < -0.3 is 9.84 Å². The van der Waals surface area contributed by atoms with E-state index in [9.17, 15) is 4.79 Å². The normalized spacial score (nSPS) is 22.4. The predicted octanol–water partition coefficient (Wildman–Crippen LogP) is 2.97. The van der Waals surface area contributed by atoms with Gasteiger partial charge in [-0.2, -0.15) is 0 Å². The molecule has 17 heavy (non-hydrogen) atoms. The van der Waals surface area contributed by atoms with Crippen LogP contribution in [0, 0.1) is 0 Å². The summed E-state index contributed by atoms with van der Waals surface area (Å²) in [5.41, 5.74) is 0.986. The van der Waals surface area contributed by atoms with E-state index in [4.69, 9.17) is 9.84 Å². The minimum atomic E-state index is -0.580. The lowest BCUT2D eigenvalue weighted by molar-refractivity contribution is -0.132. The number of ether oxygens (including phenoxy) is 1. The number of carbonyl (C=O) groups excluding carboxylic acids is 1. The van der Waals surface area contributed by atoms with Crippen molar-refractivity contribution in [3.8, 4) is 0 Å². The fourth-order valence-electron chi connectivity index (χ4n) is 2.28. The van der Waals surface area contributed by atoms with E-state index in [0.29, 0.717) is 6.10 Å². The van der Waals surface area contributed by atoms with Crippen molar-refractivity contribution in [3.63, 3.8) is 0 Å². The highest BCUT2D eigenvalue weighted by molar-refractivity contribution is 5.73. The van der Waals surface area contributed by atoms with Gasteiger partial charge in [0, 0.05) is 0 Å². The molecule has 98 valence electrons. The van der Waals surface area contributed by atoms with Crippen molar-refractivity contribution in [2.75, 3.05) is 0 Å². The Kier molecular flexibility index (Phi) is 7.13. The van der Waals surface area contributed by atoms with Crippen LogP contribution in [0.25, 0.3) is 0 Å². The highest BCUT2D eigenvalue weighted by Crippen LogP contribution is 2.20. The van der Waals surface area contributed by atoms with Gasteiger partial charge in [0.05, 0.1) is 6.10 Å². The predicted molar refractivity (Wildman–Crippen MR) is 67.6 cm³/mol. The first-order valence-corrected chi connectivity index (χ1v) is 6.70. The fourth-order valence-corrected chi connectivity index (χ4v) is 2.28. The average Bonchev–Trinajstić information content (AvgIpc) is 2.83. The zero-order chi connectivity index (χ0) is 12.5. The van der Waals surface area contributed by atoms with Crippen molar-refractivity contribution in [2.24, 2.45) is 0 Å². The summed E-state index contributed by atoms with van der Waals surface area (Å²) in [4.78, 5) is 9.94. The molecule has 0 aromatic rings. The molecule has 0 saturated heterocycles. The zero-order valence-electron chi connectivity index (χ0n) is 10.7. The smallest absolute Gasteiger partial charge is 0.152 e. The Morgan fingerprint density at radius 1 is 1.35 bits per heavy atom. The van der Waals surface area contributed by atoms with Gasteiger partial charge in [-0.05, 0) is 44.6 Å². The number of rotatable bonds is 3. The third-order valence-electron chi connectivity index (χ3n) is 3.17. The van der Waals surface area contributed by atoms with Crippen molar-refractivity contribution < 1.29 is 14.6 Å². The molecule has 1 saturated carbocycles. The largest absolute Gasteiger partial charge is 0.368 e. The Morgan fingerprint density at radius 2 is 2.06 bits per heavy atom.